The van der Waals surface area contributed by atoms with Crippen molar-refractivity contribution in [3.05, 3.63) is 35.4 Å². The van der Waals surface area contributed by atoms with Gasteiger partial charge in [0.25, 0.3) is 0 Å². The summed E-state index contributed by atoms with van der Waals surface area (Å²) in [4.78, 5) is 2.01. The quantitative estimate of drug-likeness (QED) is 0.821. The van der Waals surface area contributed by atoms with E-state index in [-0.39, 0.29) is 11.8 Å². The van der Waals surface area contributed by atoms with Crippen molar-refractivity contribution in [2.75, 3.05) is 32.1 Å². The number of nitrogens with two attached hydrogens (primary N) is 1. The van der Waals surface area contributed by atoms with Gasteiger partial charge in [0, 0.05) is 18.8 Å². The first-order valence-corrected chi connectivity index (χ1v) is 8.52. The van der Waals surface area contributed by atoms with Gasteiger partial charge in [-0.1, -0.05) is 29.8 Å². The molecule has 5 heteroatoms. The predicted octanol–water partition coefficient (Wildman–Crippen LogP) is 1.36. The van der Waals surface area contributed by atoms with Gasteiger partial charge >= 0.3 is 0 Å². The Hall–Kier alpha value is -0.910. The minimum absolute atomic E-state index is 0.00119. The Morgan fingerprint density at radius 3 is 2.32 bits per heavy atom. The lowest BCUT2D eigenvalue weighted by atomic mass is 10.0. The smallest absolute Gasteiger partial charge is 0.148 e. The molecular formula is C14H24N2O2S. The van der Waals surface area contributed by atoms with E-state index in [0.717, 1.165) is 18.5 Å². The summed E-state index contributed by atoms with van der Waals surface area (Å²) in [6, 6.07) is 8.22. The van der Waals surface area contributed by atoms with E-state index in [1.807, 2.05) is 18.9 Å². The molecule has 1 aromatic rings. The van der Waals surface area contributed by atoms with Gasteiger partial charge in [0.05, 0.1) is 5.75 Å². The summed E-state index contributed by atoms with van der Waals surface area (Å²) in [6.45, 7) is 3.40. The van der Waals surface area contributed by atoms with Crippen LogP contribution in [0.4, 0.5) is 0 Å². The third kappa shape index (κ3) is 6.71. The second-order valence-corrected chi connectivity index (χ2v) is 7.50. The van der Waals surface area contributed by atoms with Crippen molar-refractivity contribution < 1.29 is 8.42 Å². The summed E-state index contributed by atoms with van der Waals surface area (Å²) in [6.07, 6.45) is 2.09. The monoisotopic (exact) mass is 284 g/mol. The first-order chi connectivity index (χ1) is 8.78. The van der Waals surface area contributed by atoms with E-state index in [9.17, 15) is 8.42 Å². The predicted molar refractivity (Wildman–Crippen MR) is 79.9 cm³/mol. The third-order valence-electron chi connectivity index (χ3n) is 3.17. The Labute approximate surface area is 116 Å². The molecule has 2 N–H and O–H groups in total. The average molecular weight is 284 g/mol. The molecule has 1 aromatic carbocycles. The maximum atomic E-state index is 11.1. The SMILES string of the molecule is Cc1ccc(C(N)CCN(C)CCS(C)(=O)=O)cc1. The Morgan fingerprint density at radius 1 is 1.21 bits per heavy atom. The molecular weight excluding hydrogens is 260 g/mol. The van der Waals surface area contributed by atoms with Gasteiger partial charge in [-0.25, -0.2) is 8.42 Å². The molecule has 0 radical (unpaired) electrons. The molecule has 0 bridgehead atoms. The molecule has 0 aliphatic heterocycles. The van der Waals surface area contributed by atoms with Gasteiger partial charge in [0.15, 0.2) is 0 Å². The highest BCUT2D eigenvalue weighted by Crippen LogP contribution is 2.14. The van der Waals surface area contributed by atoms with Crippen LogP contribution in [0.25, 0.3) is 0 Å². The van der Waals surface area contributed by atoms with Gasteiger partial charge in [-0.05, 0) is 32.5 Å². The van der Waals surface area contributed by atoms with Crippen molar-refractivity contribution >= 4 is 9.84 Å². The number of benzene rings is 1. The average Bonchev–Trinajstić information content (AvgIpc) is 2.33. The largest absolute Gasteiger partial charge is 0.324 e. The number of rotatable bonds is 7. The molecule has 1 rings (SSSR count). The standard InChI is InChI=1S/C14H24N2O2S/c1-12-4-6-13(7-5-12)14(15)8-9-16(2)10-11-19(3,17)18/h4-7,14H,8-11,15H2,1-3H3. The van der Waals surface area contributed by atoms with E-state index in [1.165, 1.54) is 11.8 Å². The van der Waals surface area contributed by atoms with Crippen molar-refractivity contribution in [3.8, 4) is 0 Å². The lowest BCUT2D eigenvalue weighted by molar-refractivity contribution is 0.335. The zero-order valence-electron chi connectivity index (χ0n) is 12.0. The van der Waals surface area contributed by atoms with Crippen LogP contribution in [0.15, 0.2) is 24.3 Å². The molecule has 4 nitrogen and oxygen atoms in total. The molecule has 0 amide bonds. The molecule has 108 valence electrons. The molecule has 19 heavy (non-hydrogen) atoms. The fraction of sp³-hybridized carbons (Fsp3) is 0.571. The molecule has 0 aliphatic carbocycles. The maximum Gasteiger partial charge on any atom is 0.148 e. The van der Waals surface area contributed by atoms with Gasteiger partial charge in [0.2, 0.25) is 0 Å². The molecule has 0 heterocycles. The number of hydrogen-bond acceptors (Lipinski definition) is 4. The van der Waals surface area contributed by atoms with Crippen molar-refractivity contribution in [1.29, 1.82) is 0 Å². The van der Waals surface area contributed by atoms with Crippen molar-refractivity contribution in [3.63, 3.8) is 0 Å². The summed E-state index contributed by atoms with van der Waals surface area (Å²) < 4.78 is 22.2. The second kappa shape index (κ2) is 7.03. The highest BCUT2D eigenvalue weighted by atomic mass is 32.2. The third-order valence-corrected chi connectivity index (χ3v) is 4.10. The van der Waals surface area contributed by atoms with Crippen LogP contribution in [0.2, 0.25) is 0 Å². The fourth-order valence-corrected chi connectivity index (χ4v) is 2.42. The number of nitrogens with zero attached hydrogens (tertiary/aromatic N) is 1. The number of aryl methyl sites for hydroxylation is 1. The highest BCUT2D eigenvalue weighted by Gasteiger charge is 2.09. The van der Waals surface area contributed by atoms with Crippen LogP contribution in [0.3, 0.4) is 0 Å². The minimum Gasteiger partial charge on any atom is -0.324 e. The number of hydrogen-bond donors (Lipinski definition) is 1. The van der Waals surface area contributed by atoms with Crippen LogP contribution in [0, 0.1) is 6.92 Å². The van der Waals surface area contributed by atoms with E-state index in [0.29, 0.717) is 6.54 Å². The highest BCUT2D eigenvalue weighted by molar-refractivity contribution is 7.90. The molecule has 0 fully saturated rings. The zero-order chi connectivity index (χ0) is 14.5. The van der Waals surface area contributed by atoms with E-state index < -0.39 is 9.84 Å². The van der Waals surface area contributed by atoms with Gasteiger partial charge in [-0.15, -0.1) is 0 Å². The van der Waals surface area contributed by atoms with Gasteiger partial charge in [-0.2, -0.15) is 0 Å². The topological polar surface area (TPSA) is 63.4 Å². The van der Waals surface area contributed by atoms with Crippen molar-refractivity contribution in [2.24, 2.45) is 5.73 Å². The van der Waals surface area contributed by atoms with Crippen LogP contribution in [-0.4, -0.2) is 45.5 Å². The van der Waals surface area contributed by atoms with Gasteiger partial charge < -0.3 is 10.6 Å². The lowest BCUT2D eigenvalue weighted by Crippen LogP contribution is -2.28. The van der Waals surface area contributed by atoms with Crippen LogP contribution in [0.1, 0.15) is 23.6 Å². The van der Waals surface area contributed by atoms with Crippen molar-refractivity contribution in [1.82, 2.24) is 4.90 Å². The molecule has 1 atom stereocenters. The van der Waals surface area contributed by atoms with Gasteiger partial charge in [-0.3, -0.25) is 0 Å². The van der Waals surface area contributed by atoms with E-state index in [2.05, 4.69) is 24.3 Å². The minimum atomic E-state index is -2.89. The summed E-state index contributed by atoms with van der Waals surface area (Å²) in [5.74, 6) is 0.198. The summed E-state index contributed by atoms with van der Waals surface area (Å²) >= 11 is 0. The van der Waals surface area contributed by atoms with Crippen LogP contribution in [0.5, 0.6) is 0 Å². The fourth-order valence-electron chi connectivity index (χ4n) is 1.77. The second-order valence-electron chi connectivity index (χ2n) is 5.24. The number of sulfone groups is 1. The van der Waals surface area contributed by atoms with Crippen molar-refractivity contribution in [2.45, 2.75) is 19.4 Å². The lowest BCUT2D eigenvalue weighted by Gasteiger charge is -2.19. The van der Waals surface area contributed by atoms with Crippen LogP contribution in [-0.2, 0) is 9.84 Å². The van der Waals surface area contributed by atoms with Gasteiger partial charge in [0.1, 0.15) is 9.84 Å². The molecule has 1 unspecified atom stereocenters. The zero-order valence-corrected chi connectivity index (χ0v) is 12.8. The molecule has 0 spiro atoms. The van der Waals surface area contributed by atoms with Crippen LogP contribution >= 0.6 is 0 Å². The summed E-state index contributed by atoms with van der Waals surface area (Å²) in [5.41, 5.74) is 8.48. The summed E-state index contributed by atoms with van der Waals surface area (Å²) in [5, 5.41) is 0. The Balaban J connectivity index is 2.37. The molecule has 0 aliphatic rings. The maximum absolute atomic E-state index is 11.1. The Morgan fingerprint density at radius 2 is 1.79 bits per heavy atom. The Kier molecular flexibility index (Phi) is 5.97. The first-order valence-electron chi connectivity index (χ1n) is 6.46. The van der Waals surface area contributed by atoms with E-state index in [4.69, 9.17) is 5.73 Å². The molecule has 0 saturated carbocycles. The normalized spacial score (nSPS) is 13.7. The van der Waals surface area contributed by atoms with E-state index >= 15 is 0 Å². The van der Waals surface area contributed by atoms with E-state index in [1.54, 1.807) is 0 Å². The Bertz CT molecular complexity index is 483. The molecule has 0 saturated heterocycles. The van der Waals surface area contributed by atoms with Crippen LogP contribution < -0.4 is 5.73 Å². The first kappa shape index (κ1) is 16.1. The molecule has 0 aromatic heterocycles. The summed E-state index contributed by atoms with van der Waals surface area (Å²) in [7, 11) is -0.964.